The van der Waals surface area contributed by atoms with Crippen molar-refractivity contribution in [3.05, 3.63) is 29.6 Å². The van der Waals surface area contributed by atoms with E-state index in [0.29, 0.717) is 6.42 Å². The van der Waals surface area contributed by atoms with E-state index < -0.39 is 0 Å². The minimum absolute atomic E-state index is 0.0356. The third-order valence-electron chi connectivity index (χ3n) is 4.80. The van der Waals surface area contributed by atoms with Crippen molar-refractivity contribution in [1.82, 2.24) is 4.90 Å². The molecule has 1 aliphatic heterocycles. The molecule has 0 spiro atoms. The fourth-order valence-corrected chi connectivity index (χ4v) is 3.22. The van der Waals surface area contributed by atoms with Crippen LogP contribution in [0.3, 0.4) is 0 Å². The molecule has 21 heavy (non-hydrogen) atoms. The summed E-state index contributed by atoms with van der Waals surface area (Å²) in [5.74, 6) is -0.110. The van der Waals surface area contributed by atoms with Gasteiger partial charge in [0, 0.05) is 49.5 Å². The molecule has 1 unspecified atom stereocenters. The maximum Gasteiger partial charge on any atom is 0.128 e. The van der Waals surface area contributed by atoms with Crippen molar-refractivity contribution < 1.29 is 4.39 Å². The Labute approximate surface area is 126 Å². The number of nitrogens with two attached hydrogens (primary N) is 1. The minimum atomic E-state index is -0.110. The van der Waals surface area contributed by atoms with Crippen LogP contribution in [0.2, 0.25) is 0 Å². The van der Waals surface area contributed by atoms with Crippen molar-refractivity contribution in [1.29, 1.82) is 0 Å². The molecule has 0 aromatic heterocycles. The average Bonchev–Trinajstić information content (AvgIpc) is 3.34. The monoisotopic (exact) mass is 291 g/mol. The average molecular weight is 291 g/mol. The first-order valence-electron chi connectivity index (χ1n) is 8.21. The Hall–Kier alpha value is -1.13. The molecule has 2 aliphatic rings. The van der Waals surface area contributed by atoms with Gasteiger partial charge in [-0.2, -0.15) is 0 Å². The molecule has 116 valence electrons. The quantitative estimate of drug-likeness (QED) is 0.904. The van der Waals surface area contributed by atoms with Crippen LogP contribution < -0.4 is 10.6 Å². The van der Waals surface area contributed by atoms with E-state index in [1.54, 1.807) is 6.07 Å². The Bertz CT molecular complexity index is 479. The van der Waals surface area contributed by atoms with Crippen molar-refractivity contribution in [2.45, 2.75) is 44.7 Å². The van der Waals surface area contributed by atoms with E-state index in [4.69, 9.17) is 5.73 Å². The van der Waals surface area contributed by atoms with E-state index in [0.717, 1.165) is 49.9 Å². The molecule has 1 heterocycles. The van der Waals surface area contributed by atoms with Crippen LogP contribution in [-0.4, -0.2) is 43.2 Å². The summed E-state index contributed by atoms with van der Waals surface area (Å²) in [6.45, 7) is 6.24. The van der Waals surface area contributed by atoms with Gasteiger partial charge in [-0.05, 0) is 37.8 Å². The molecule has 2 N–H and O–H groups in total. The van der Waals surface area contributed by atoms with Gasteiger partial charge in [0.05, 0.1) is 0 Å². The van der Waals surface area contributed by atoms with Gasteiger partial charge < -0.3 is 10.6 Å². The molecular weight excluding hydrogens is 265 g/mol. The molecule has 1 aromatic rings. The Morgan fingerprint density at radius 1 is 1.24 bits per heavy atom. The number of anilines is 1. The second kappa shape index (κ2) is 6.32. The fraction of sp³-hybridized carbons (Fsp3) is 0.647. The van der Waals surface area contributed by atoms with E-state index in [-0.39, 0.29) is 11.9 Å². The van der Waals surface area contributed by atoms with Gasteiger partial charge in [-0.25, -0.2) is 4.39 Å². The second-order valence-electron chi connectivity index (χ2n) is 6.36. The number of hydrogen-bond donors (Lipinski definition) is 1. The maximum absolute atomic E-state index is 14.2. The van der Waals surface area contributed by atoms with Gasteiger partial charge in [0.2, 0.25) is 0 Å². The molecule has 4 heteroatoms. The highest BCUT2D eigenvalue weighted by Gasteiger charge is 2.31. The lowest BCUT2D eigenvalue weighted by molar-refractivity contribution is 0.248. The lowest BCUT2D eigenvalue weighted by Crippen LogP contribution is -2.47. The first-order valence-corrected chi connectivity index (χ1v) is 8.21. The van der Waals surface area contributed by atoms with Gasteiger partial charge in [-0.3, -0.25) is 4.90 Å². The summed E-state index contributed by atoms with van der Waals surface area (Å²) < 4.78 is 14.2. The summed E-state index contributed by atoms with van der Waals surface area (Å²) >= 11 is 0. The van der Waals surface area contributed by atoms with E-state index in [1.807, 2.05) is 12.1 Å². The lowest BCUT2D eigenvalue weighted by atomic mass is 10.0. The van der Waals surface area contributed by atoms with E-state index in [2.05, 4.69) is 16.7 Å². The van der Waals surface area contributed by atoms with Crippen molar-refractivity contribution in [2.75, 3.05) is 31.1 Å². The van der Waals surface area contributed by atoms with Gasteiger partial charge in [-0.1, -0.05) is 13.0 Å². The number of hydrogen-bond acceptors (Lipinski definition) is 3. The zero-order chi connectivity index (χ0) is 14.8. The number of nitrogens with zero attached hydrogens (tertiary/aromatic N) is 2. The SMILES string of the molecule is CCC(N)Cc1c(F)cccc1N1CCN(C2CC2)CC1. The number of piperazine rings is 1. The van der Waals surface area contributed by atoms with Crippen molar-refractivity contribution in [2.24, 2.45) is 5.73 Å². The molecule has 1 aromatic carbocycles. The molecule has 0 amide bonds. The number of halogens is 1. The summed E-state index contributed by atoms with van der Waals surface area (Å²) in [6, 6.07) is 6.29. The van der Waals surface area contributed by atoms with E-state index in [1.165, 1.54) is 12.8 Å². The summed E-state index contributed by atoms with van der Waals surface area (Å²) in [5, 5.41) is 0. The molecule has 0 radical (unpaired) electrons. The first kappa shape index (κ1) is 14.8. The molecule has 1 aliphatic carbocycles. The van der Waals surface area contributed by atoms with Crippen LogP contribution in [-0.2, 0) is 6.42 Å². The highest BCUT2D eigenvalue weighted by Crippen LogP contribution is 2.30. The Morgan fingerprint density at radius 2 is 1.95 bits per heavy atom. The molecule has 2 fully saturated rings. The zero-order valence-corrected chi connectivity index (χ0v) is 12.9. The van der Waals surface area contributed by atoms with Gasteiger partial charge in [0.25, 0.3) is 0 Å². The molecule has 1 saturated heterocycles. The van der Waals surface area contributed by atoms with Gasteiger partial charge >= 0.3 is 0 Å². The van der Waals surface area contributed by atoms with Crippen LogP contribution >= 0.6 is 0 Å². The Balaban J connectivity index is 1.73. The summed E-state index contributed by atoms with van der Waals surface area (Å²) in [5.41, 5.74) is 7.90. The molecule has 3 rings (SSSR count). The van der Waals surface area contributed by atoms with Gasteiger partial charge in [-0.15, -0.1) is 0 Å². The van der Waals surface area contributed by atoms with E-state index in [9.17, 15) is 4.39 Å². The topological polar surface area (TPSA) is 32.5 Å². The molecular formula is C17H26FN3. The largest absolute Gasteiger partial charge is 0.369 e. The smallest absolute Gasteiger partial charge is 0.128 e. The maximum atomic E-state index is 14.2. The van der Waals surface area contributed by atoms with E-state index >= 15 is 0 Å². The van der Waals surface area contributed by atoms with Crippen molar-refractivity contribution in [3.63, 3.8) is 0 Å². The Morgan fingerprint density at radius 3 is 2.57 bits per heavy atom. The van der Waals surface area contributed by atoms with Crippen LogP contribution in [0.4, 0.5) is 10.1 Å². The van der Waals surface area contributed by atoms with Crippen LogP contribution in [0.1, 0.15) is 31.7 Å². The predicted octanol–water partition coefficient (Wildman–Crippen LogP) is 2.39. The predicted molar refractivity (Wildman–Crippen MR) is 85.2 cm³/mol. The summed E-state index contributed by atoms with van der Waals surface area (Å²) in [7, 11) is 0. The minimum Gasteiger partial charge on any atom is -0.369 e. The van der Waals surface area contributed by atoms with Crippen LogP contribution in [0.5, 0.6) is 0 Å². The van der Waals surface area contributed by atoms with Gasteiger partial charge in [0.1, 0.15) is 5.82 Å². The van der Waals surface area contributed by atoms with Crippen LogP contribution in [0.15, 0.2) is 18.2 Å². The van der Waals surface area contributed by atoms with Crippen molar-refractivity contribution in [3.8, 4) is 0 Å². The lowest BCUT2D eigenvalue weighted by Gasteiger charge is -2.37. The standard InChI is InChI=1S/C17H26FN3/c1-2-13(19)12-15-16(18)4-3-5-17(15)21-10-8-20(9-11-21)14-6-7-14/h3-5,13-14H,2,6-12,19H2,1H3. The van der Waals surface area contributed by atoms with Crippen LogP contribution in [0, 0.1) is 5.82 Å². The van der Waals surface area contributed by atoms with Crippen LogP contribution in [0.25, 0.3) is 0 Å². The number of benzene rings is 1. The summed E-state index contributed by atoms with van der Waals surface area (Å²) in [6.07, 6.45) is 4.22. The fourth-order valence-electron chi connectivity index (χ4n) is 3.22. The first-order chi connectivity index (χ1) is 10.2. The molecule has 1 atom stereocenters. The second-order valence-corrected chi connectivity index (χ2v) is 6.36. The highest BCUT2D eigenvalue weighted by molar-refractivity contribution is 5.55. The molecule has 0 bridgehead atoms. The summed E-state index contributed by atoms with van der Waals surface area (Å²) in [4.78, 5) is 4.91. The number of rotatable bonds is 5. The van der Waals surface area contributed by atoms with Crippen molar-refractivity contribution >= 4 is 5.69 Å². The normalized spacial score (nSPS) is 21.6. The third-order valence-corrected chi connectivity index (χ3v) is 4.80. The molecule has 1 saturated carbocycles. The highest BCUT2D eigenvalue weighted by atomic mass is 19.1. The molecule has 3 nitrogen and oxygen atoms in total. The zero-order valence-electron chi connectivity index (χ0n) is 12.9. The Kier molecular flexibility index (Phi) is 4.45. The van der Waals surface area contributed by atoms with Gasteiger partial charge in [0.15, 0.2) is 0 Å². The third kappa shape index (κ3) is 3.38.